The Hall–Kier alpha value is -2.00. The third kappa shape index (κ3) is 3.37. The van der Waals surface area contributed by atoms with Crippen LogP contribution in [0.25, 0.3) is 11.1 Å². The van der Waals surface area contributed by atoms with Crippen LogP contribution in [0.1, 0.15) is 18.4 Å². The van der Waals surface area contributed by atoms with Gasteiger partial charge in [-0.15, -0.1) is 0 Å². The minimum Gasteiger partial charge on any atom is -0.493 e. The molecule has 0 amide bonds. The molecule has 3 rings (SSSR count). The Labute approximate surface area is 125 Å². The SMILES string of the molecule is COc1ccc(-c2cccc(CNC3CC3)c2)cc1OC. The molecule has 21 heavy (non-hydrogen) atoms. The summed E-state index contributed by atoms with van der Waals surface area (Å²) in [6.07, 6.45) is 2.63. The van der Waals surface area contributed by atoms with Gasteiger partial charge in [0.1, 0.15) is 0 Å². The first-order valence-electron chi connectivity index (χ1n) is 7.35. The van der Waals surface area contributed by atoms with Gasteiger partial charge in [0.15, 0.2) is 11.5 Å². The molecule has 0 unspecified atom stereocenters. The summed E-state index contributed by atoms with van der Waals surface area (Å²) < 4.78 is 10.7. The van der Waals surface area contributed by atoms with Gasteiger partial charge in [0.25, 0.3) is 0 Å². The smallest absolute Gasteiger partial charge is 0.161 e. The second kappa shape index (κ2) is 6.19. The second-order valence-corrected chi connectivity index (χ2v) is 5.43. The van der Waals surface area contributed by atoms with Crippen LogP contribution < -0.4 is 14.8 Å². The highest BCUT2D eigenvalue weighted by atomic mass is 16.5. The van der Waals surface area contributed by atoms with E-state index in [9.17, 15) is 0 Å². The number of nitrogens with one attached hydrogen (secondary N) is 1. The van der Waals surface area contributed by atoms with E-state index in [-0.39, 0.29) is 0 Å². The second-order valence-electron chi connectivity index (χ2n) is 5.43. The molecule has 3 heteroatoms. The van der Waals surface area contributed by atoms with Crippen LogP contribution >= 0.6 is 0 Å². The van der Waals surface area contributed by atoms with E-state index in [0.29, 0.717) is 0 Å². The van der Waals surface area contributed by atoms with Crippen molar-refractivity contribution < 1.29 is 9.47 Å². The Kier molecular flexibility index (Phi) is 4.11. The molecule has 0 aromatic heterocycles. The Morgan fingerprint density at radius 3 is 2.43 bits per heavy atom. The fourth-order valence-electron chi connectivity index (χ4n) is 2.43. The lowest BCUT2D eigenvalue weighted by Gasteiger charge is -2.11. The van der Waals surface area contributed by atoms with Crippen LogP contribution in [-0.2, 0) is 6.54 Å². The maximum absolute atomic E-state index is 5.38. The first-order valence-corrected chi connectivity index (χ1v) is 7.35. The summed E-state index contributed by atoms with van der Waals surface area (Å²) in [4.78, 5) is 0. The number of rotatable bonds is 6. The summed E-state index contributed by atoms with van der Waals surface area (Å²) in [6, 6.07) is 15.4. The highest BCUT2D eigenvalue weighted by Crippen LogP contribution is 2.32. The zero-order valence-corrected chi connectivity index (χ0v) is 12.6. The predicted octanol–water partition coefficient (Wildman–Crippen LogP) is 3.62. The highest BCUT2D eigenvalue weighted by Gasteiger charge is 2.19. The molecule has 0 saturated heterocycles. The highest BCUT2D eigenvalue weighted by molar-refractivity contribution is 5.67. The van der Waals surface area contributed by atoms with Gasteiger partial charge in [-0.3, -0.25) is 0 Å². The lowest BCUT2D eigenvalue weighted by Crippen LogP contribution is -2.15. The standard InChI is InChI=1S/C18H21NO2/c1-20-17-9-6-15(11-18(17)21-2)14-5-3-4-13(10-14)12-19-16-7-8-16/h3-6,9-11,16,19H,7-8,12H2,1-2H3. The van der Waals surface area contributed by atoms with Crippen molar-refractivity contribution >= 4 is 0 Å². The van der Waals surface area contributed by atoms with Crippen LogP contribution in [0.2, 0.25) is 0 Å². The maximum atomic E-state index is 5.38. The molecule has 0 aliphatic heterocycles. The van der Waals surface area contributed by atoms with E-state index < -0.39 is 0 Å². The molecule has 2 aromatic rings. The van der Waals surface area contributed by atoms with E-state index in [1.54, 1.807) is 14.2 Å². The van der Waals surface area contributed by atoms with Crippen LogP contribution in [0.5, 0.6) is 11.5 Å². The Bertz CT molecular complexity index is 620. The molecule has 1 aliphatic carbocycles. The van der Waals surface area contributed by atoms with E-state index in [1.807, 2.05) is 12.1 Å². The van der Waals surface area contributed by atoms with Crippen molar-refractivity contribution in [1.82, 2.24) is 5.32 Å². The molecule has 0 spiro atoms. The van der Waals surface area contributed by atoms with Crippen molar-refractivity contribution in [2.24, 2.45) is 0 Å². The van der Waals surface area contributed by atoms with Gasteiger partial charge >= 0.3 is 0 Å². The normalized spacial score (nSPS) is 14.0. The molecule has 110 valence electrons. The molecule has 1 fully saturated rings. The number of methoxy groups -OCH3 is 2. The lowest BCUT2D eigenvalue weighted by molar-refractivity contribution is 0.355. The monoisotopic (exact) mass is 283 g/mol. The Balaban J connectivity index is 1.83. The van der Waals surface area contributed by atoms with E-state index >= 15 is 0 Å². The van der Waals surface area contributed by atoms with Crippen LogP contribution in [0, 0.1) is 0 Å². The van der Waals surface area contributed by atoms with Crippen molar-refractivity contribution in [3.05, 3.63) is 48.0 Å². The first-order chi connectivity index (χ1) is 10.3. The zero-order chi connectivity index (χ0) is 14.7. The fraction of sp³-hybridized carbons (Fsp3) is 0.333. The molecule has 0 bridgehead atoms. The minimum atomic E-state index is 0.731. The molecule has 1 aliphatic rings. The zero-order valence-electron chi connectivity index (χ0n) is 12.6. The molecule has 0 heterocycles. The molecule has 0 radical (unpaired) electrons. The summed E-state index contributed by atoms with van der Waals surface area (Å²) >= 11 is 0. The average molecular weight is 283 g/mol. The van der Waals surface area contributed by atoms with Gasteiger partial charge in [0.05, 0.1) is 14.2 Å². The van der Waals surface area contributed by atoms with Crippen LogP contribution in [-0.4, -0.2) is 20.3 Å². The number of benzene rings is 2. The summed E-state index contributed by atoms with van der Waals surface area (Å²) in [7, 11) is 3.32. The van der Waals surface area contributed by atoms with E-state index in [1.165, 1.54) is 24.0 Å². The van der Waals surface area contributed by atoms with Gasteiger partial charge in [0.2, 0.25) is 0 Å². The quantitative estimate of drug-likeness (QED) is 0.878. The number of hydrogen-bond donors (Lipinski definition) is 1. The van der Waals surface area contributed by atoms with Crippen LogP contribution in [0.4, 0.5) is 0 Å². The molecule has 0 atom stereocenters. The van der Waals surface area contributed by atoms with Crippen molar-refractivity contribution in [1.29, 1.82) is 0 Å². The van der Waals surface area contributed by atoms with Gasteiger partial charge < -0.3 is 14.8 Å². The van der Waals surface area contributed by atoms with Crippen LogP contribution in [0.3, 0.4) is 0 Å². The van der Waals surface area contributed by atoms with Crippen LogP contribution in [0.15, 0.2) is 42.5 Å². The summed E-state index contributed by atoms with van der Waals surface area (Å²) in [5.74, 6) is 1.52. The van der Waals surface area contributed by atoms with Crippen molar-refractivity contribution in [3.8, 4) is 22.6 Å². The van der Waals surface area contributed by atoms with Gasteiger partial charge in [0, 0.05) is 12.6 Å². The molecule has 3 nitrogen and oxygen atoms in total. The number of hydrogen-bond acceptors (Lipinski definition) is 3. The van der Waals surface area contributed by atoms with E-state index in [0.717, 1.165) is 29.6 Å². The molecule has 1 saturated carbocycles. The Morgan fingerprint density at radius 1 is 0.952 bits per heavy atom. The Morgan fingerprint density at radius 2 is 1.71 bits per heavy atom. The van der Waals surface area contributed by atoms with Crippen molar-refractivity contribution in [2.75, 3.05) is 14.2 Å². The van der Waals surface area contributed by atoms with E-state index in [2.05, 4.69) is 35.6 Å². The first kappa shape index (κ1) is 14.0. The van der Waals surface area contributed by atoms with Gasteiger partial charge in [-0.05, 0) is 47.7 Å². The van der Waals surface area contributed by atoms with E-state index in [4.69, 9.17) is 9.47 Å². The minimum absolute atomic E-state index is 0.731. The maximum Gasteiger partial charge on any atom is 0.161 e. The largest absolute Gasteiger partial charge is 0.493 e. The van der Waals surface area contributed by atoms with Crippen molar-refractivity contribution in [2.45, 2.75) is 25.4 Å². The van der Waals surface area contributed by atoms with Gasteiger partial charge in [-0.1, -0.05) is 24.3 Å². The van der Waals surface area contributed by atoms with Gasteiger partial charge in [-0.2, -0.15) is 0 Å². The third-order valence-electron chi connectivity index (χ3n) is 3.82. The average Bonchev–Trinajstić information content (AvgIpc) is 3.37. The predicted molar refractivity (Wildman–Crippen MR) is 84.8 cm³/mol. The number of ether oxygens (including phenoxy) is 2. The lowest BCUT2D eigenvalue weighted by atomic mass is 10.0. The fourth-order valence-corrected chi connectivity index (χ4v) is 2.43. The molecular formula is C18H21NO2. The summed E-state index contributed by atoms with van der Waals surface area (Å²) in [6.45, 7) is 0.936. The van der Waals surface area contributed by atoms with Gasteiger partial charge in [-0.25, -0.2) is 0 Å². The summed E-state index contributed by atoms with van der Waals surface area (Å²) in [5, 5.41) is 3.55. The summed E-state index contributed by atoms with van der Waals surface area (Å²) in [5.41, 5.74) is 3.65. The molecular weight excluding hydrogens is 262 g/mol. The topological polar surface area (TPSA) is 30.5 Å². The third-order valence-corrected chi connectivity index (χ3v) is 3.82. The molecule has 1 N–H and O–H groups in total. The molecule has 2 aromatic carbocycles. The van der Waals surface area contributed by atoms with Crippen molar-refractivity contribution in [3.63, 3.8) is 0 Å².